The first-order valence-electron chi connectivity index (χ1n) is 8.29. The van der Waals surface area contributed by atoms with Crippen molar-refractivity contribution in [2.24, 2.45) is 0 Å². The van der Waals surface area contributed by atoms with E-state index in [1.807, 2.05) is 32.2 Å². The number of rotatable bonds is 4. The topological polar surface area (TPSA) is 89.0 Å². The first-order valence-corrected chi connectivity index (χ1v) is 8.29. The van der Waals surface area contributed by atoms with Crippen LogP contribution in [0.2, 0.25) is 0 Å². The third kappa shape index (κ3) is 3.50. The van der Waals surface area contributed by atoms with E-state index in [2.05, 4.69) is 35.0 Å². The van der Waals surface area contributed by atoms with Crippen molar-refractivity contribution in [2.45, 2.75) is 20.4 Å². The normalized spacial score (nSPS) is 15.7. The molecule has 0 aliphatic carbocycles. The lowest BCUT2D eigenvalue weighted by molar-refractivity contribution is 0.239. The van der Waals surface area contributed by atoms with Gasteiger partial charge in [0.25, 0.3) is 0 Å². The van der Waals surface area contributed by atoms with Crippen LogP contribution in [0, 0.1) is 13.8 Å². The Morgan fingerprint density at radius 1 is 1.04 bits per heavy atom. The van der Waals surface area contributed by atoms with E-state index in [0.29, 0.717) is 12.4 Å². The van der Waals surface area contributed by atoms with Crippen LogP contribution < -0.4 is 4.90 Å². The maximum atomic E-state index is 5.03. The Morgan fingerprint density at radius 3 is 2.52 bits per heavy atom. The zero-order valence-electron chi connectivity index (χ0n) is 14.3. The lowest BCUT2D eigenvalue weighted by Crippen LogP contribution is -2.46. The Labute approximate surface area is 145 Å². The maximum absolute atomic E-state index is 5.03. The van der Waals surface area contributed by atoms with Gasteiger partial charge in [0, 0.05) is 51.6 Å². The summed E-state index contributed by atoms with van der Waals surface area (Å²) in [6, 6.07) is 3.87. The Kier molecular flexibility index (Phi) is 4.14. The van der Waals surface area contributed by atoms with Crippen LogP contribution in [-0.4, -0.2) is 61.0 Å². The van der Waals surface area contributed by atoms with E-state index in [-0.39, 0.29) is 0 Å². The monoisotopic (exact) mass is 340 g/mol. The molecule has 0 saturated carbocycles. The van der Waals surface area contributed by atoms with Gasteiger partial charge in [0.2, 0.25) is 5.89 Å². The first-order chi connectivity index (χ1) is 12.2. The highest BCUT2D eigenvalue weighted by Gasteiger charge is 2.20. The minimum atomic E-state index is 0.608. The summed E-state index contributed by atoms with van der Waals surface area (Å²) in [4.78, 5) is 17.9. The molecule has 3 aromatic heterocycles. The number of anilines is 1. The van der Waals surface area contributed by atoms with E-state index >= 15 is 0 Å². The molecule has 4 rings (SSSR count). The molecule has 9 nitrogen and oxygen atoms in total. The van der Waals surface area contributed by atoms with Gasteiger partial charge in [0.15, 0.2) is 11.6 Å². The van der Waals surface area contributed by atoms with E-state index in [1.54, 1.807) is 10.9 Å². The minimum Gasteiger partial charge on any atom is -0.354 e. The number of aryl methyl sites for hydroxylation is 2. The van der Waals surface area contributed by atoms with Crippen molar-refractivity contribution >= 4 is 5.82 Å². The van der Waals surface area contributed by atoms with Crippen LogP contribution in [0.25, 0.3) is 5.82 Å². The van der Waals surface area contributed by atoms with Crippen LogP contribution in [0.1, 0.15) is 17.5 Å². The molecule has 0 bridgehead atoms. The summed E-state index contributed by atoms with van der Waals surface area (Å²) in [7, 11) is 0. The molecule has 0 aromatic carbocycles. The zero-order chi connectivity index (χ0) is 17.2. The molecule has 3 aromatic rings. The summed E-state index contributed by atoms with van der Waals surface area (Å²) in [6.45, 7) is 8.07. The van der Waals surface area contributed by atoms with Crippen molar-refractivity contribution < 1.29 is 4.52 Å². The summed E-state index contributed by atoms with van der Waals surface area (Å²) in [5.74, 6) is 3.82. The Balaban J connectivity index is 1.44. The summed E-state index contributed by atoms with van der Waals surface area (Å²) in [5, 5.41) is 8.22. The number of piperazine rings is 1. The predicted molar refractivity (Wildman–Crippen MR) is 90.4 cm³/mol. The van der Waals surface area contributed by atoms with Crippen LogP contribution in [0.3, 0.4) is 0 Å². The highest BCUT2D eigenvalue weighted by molar-refractivity contribution is 5.44. The minimum absolute atomic E-state index is 0.608. The van der Waals surface area contributed by atoms with E-state index < -0.39 is 0 Å². The molecule has 1 aliphatic rings. The summed E-state index contributed by atoms with van der Waals surface area (Å²) >= 11 is 0. The molecule has 0 atom stereocenters. The van der Waals surface area contributed by atoms with Crippen LogP contribution in [0.4, 0.5) is 5.82 Å². The molecule has 1 saturated heterocycles. The molecular formula is C16H20N8O. The van der Waals surface area contributed by atoms with Gasteiger partial charge in [-0.05, 0) is 13.0 Å². The Morgan fingerprint density at radius 2 is 1.84 bits per heavy atom. The first kappa shape index (κ1) is 15.7. The van der Waals surface area contributed by atoms with Crippen molar-refractivity contribution in [2.75, 3.05) is 31.1 Å². The average Bonchev–Trinajstić information content (AvgIpc) is 3.27. The van der Waals surface area contributed by atoms with Crippen LogP contribution in [0.15, 0.2) is 29.0 Å². The second kappa shape index (κ2) is 6.60. The van der Waals surface area contributed by atoms with Crippen molar-refractivity contribution in [3.05, 3.63) is 42.1 Å². The quantitative estimate of drug-likeness (QED) is 0.694. The largest absolute Gasteiger partial charge is 0.354 e. The SMILES string of the molecule is Cc1nc(N2CCN(Cc3noc(C)n3)CC2)cc(-n2cccn2)n1. The highest BCUT2D eigenvalue weighted by atomic mass is 16.5. The van der Waals surface area contributed by atoms with E-state index in [1.165, 1.54) is 0 Å². The van der Waals surface area contributed by atoms with Gasteiger partial charge < -0.3 is 9.42 Å². The third-order valence-corrected chi connectivity index (χ3v) is 4.18. The van der Waals surface area contributed by atoms with Gasteiger partial charge in [-0.15, -0.1) is 0 Å². The molecule has 0 amide bonds. The van der Waals surface area contributed by atoms with E-state index in [9.17, 15) is 0 Å². The standard InChI is InChI=1S/C16H20N8O/c1-12-18-15(10-16(19-12)24-5-3-4-17-24)23-8-6-22(7-9-23)11-14-20-13(2)25-21-14/h3-5,10H,6-9,11H2,1-2H3. The molecule has 4 heterocycles. The molecule has 0 unspecified atom stereocenters. The van der Waals surface area contributed by atoms with Crippen molar-refractivity contribution in [1.82, 2.24) is 34.8 Å². The summed E-state index contributed by atoms with van der Waals surface area (Å²) in [5.41, 5.74) is 0. The molecule has 25 heavy (non-hydrogen) atoms. The Bertz CT molecular complexity index is 836. The molecular weight excluding hydrogens is 320 g/mol. The second-order valence-electron chi connectivity index (χ2n) is 6.08. The summed E-state index contributed by atoms with van der Waals surface area (Å²) < 4.78 is 6.79. The van der Waals surface area contributed by atoms with Crippen LogP contribution in [0.5, 0.6) is 0 Å². The van der Waals surface area contributed by atoms with E-state index in [0.717, 1.165) is 49.5 Å². The van der Waals surface area contributed by atoms with Gasteiger partial charge in [-0.1, -0.05) is 5.16 Å². The molecule has 9 heteroatoms. The maximum Gasteiger partial charge on any atom is 0.223 e. The number of nitrogens with zero attached hydrogens (tertiary/aromatic N) is 8. The van der Waals surface area contributed by atoms with Gasteiger partial charge in [0.05, 0.1) is 6.54 Å². The molecule has 0 N–H and O–H groups in total. The van der Waals surface area contributed by atoms with Gasteiger partial charge >= 0.3 is 0 Å². The molecule has 0 radical (unpaired) electrons. The van der Waals surface area contributed by atoms with Gasteiger partial charge in [-0.2, -0.15) is 10.1 Å². The van der Waals surface area contributed by atoms with Crippen LogP contribution in [-0.2, 0) is 6.54 Å². The van der Waals surface area contributed by atoms with Crippen LogP contribution >= 0.6 is 0 Å². The van der Waals surface area contributed by atoms with Gasteiger partial charge in [-0.25, -0.2) is 14.6 Å². The zero-order valence-corrected chi connectivity index (χ0v) is 14.3. The van der Waals surface area contributed by atoms with Crippen molar-refractivity contribution in [3.8, 4) is 5.82 Å². The van der Waals surface area contributed by atoms with Gasteiger partial charge in [0.1, 0.15) is 11.6 Å². The lowest BCUT2D eigenvalue weighted by Gasteiger charge is -2.34. The van der Waals surface area contributed by atoms with Crippen molar-refractivity contribution in [1.29, 1.82) is 0 Å². The highest BCUT2D eigenvalue weighted by Crippen LogP contribution is 2.17. The molecule has 130 valence electrons. The van der Waals surface area contributed by atoms with Crippen molar-refractivity contribution in [3.63, 3.8) is 0 Å². The summed E-state index contributed by atoms with van der Waals surface area (Å²) in [6.07, 6.45) is 3.63. The average molecular weight is 340 g/mol. The fraction of sp³-hybridized carbons (Fsp3) is 0.438. The fourth-order valence-electron chi connectivity index (χ4n) is 2.96. The lowest BCUT2D eigenvalue weighted by atomic mass is 10.3. The number of aromatic nitrogens is 6. The van der Waals surface area contributed by atoms with Gasteiger partial charge in [-0.3, -0.25) is 4.90 Å². The fourth-order valence-corrected chi connectivity index (χ4v) is 2.96. The Hall–Kier alpha value is -2.81. The smallest absolute Gasteiger partial charge is 0.223 e. The number of hydrogen-bond donors (Lipinski definition) is 0. The molecule has 1 fully saturated rings. The predicted octanol–water partition coefficient (Wildman–Crippen LogP) is 0.984. The molecule has 1 aliphatic heterocycles. The molecule has 0 spiro atoms. The second-order valence-corrected chi connectivity index (χ2v) is 6.08. The number of hydrogen-bond acceptors (Lipinski definition) is 8. The third-order valence-electron chi connectivity index (χ3n) is 4.18. The van der Waals surface area contributed by atoms with E-state index in [4.69, 9.17) is 4.52 Å².